The number of amides is 1. The molecule has 4 aromatic rings. The molecule has 0 aliphatic rings. The van der Waals surface area contributed by atoms with Gasteiger partial charge in [-0.2, -0.15) is 13.9 Å². The summed E-state index contributed by atoms with van der Waals surface area (Å²) in [7, 11) is 0. The van der Waals surface area contributed by atoms with E-state index in [4.69, 9.17) is 9.15 Å². The highest BCUT2D eigenvalue weighted by molar-refractivity contribution is 6.01. The Balaban J connectivity index is 1.39. The Hall–Kier alpha value is -4.15. The molecule has 0 bridgehead atoms. The van der Waals surface area contributed by atoms with Crippen LogP contribution in [0.1, 0.15) is 27.4 Å². The molecule has 0 saturated carbocycles. The van der Waals surface area contributed by atoms with Gasteiger partial charge in [0.05, 0.1) is 6.54 Å². The molecule has 1 N–H and O–H groups in total. The van der Waals surface area contributed by atoms with E-state index in [1.54, 1.807) is 16.9 Å². The van der Waals surface area contributed by atoms with Crippen molar-refractivity contribution in [1.82, 2.24) is 9.78 Å². The fourth-order valence-electron chi connectivity index (χ4n) is 3.09. The minimum atomic E-state index is -2.29. The summed E-state index contributed by atoms with van der Waals surface area (Å²) < 4.78 is 78.6. The van der Waals surface area contributed by atoms with Crippen LogP contribution in [0.15, 0.2) is 53.1 Å². The van der Waals surface area contributed by atoms with Gasteiger partial charge in [0.15, 0.2) is 17.3 Å². The van der Waals surface area contributed by atoms with Crippen LogP contribution in [0.4, 0.5) is 27.8 Å². The normalized spacial score (nSPS) is 11.0. The summed E-state index contributed by atoms with van der Waals surface area (Å²) in [5.74, 6) is -12.9. The monoisotopic (exact) mass is 477 g/mol. The molecule has 6 nitrogen and oxygen atoms in total. The van der Waals surface area contributed by atoms with E-state index in [0.717, 1.165) is 11.1 Å². The maximum Gasteiger partial charge on any atom is 0.292 e. The zero-order valence-electron chi connectivity index (χ0n) is 17.5. The van der Waals surface area contributed by atoms with Crippen LogP contribution in [0.3, 0.4) is 0 Å². The van der Waals surface area contributed by atoms with Gasteiger partial charge in [0, 0.05) is 12.3 Å². The number of carbonyl (C=O) groups is 1. The molecule has 0 aliphatic heterocycles. The van der Waals surface area contributed by atoms with Crippen molar-refractivity contribution in [3.63, 3.8) is 0 Å². The van der Waals surface area contributed by atoms with Crippen molar-refractivity contribution in [3.8, 4) is 5.75 Å². The molecule has 34 heavy (non-hydrogen) atoms. The molecular weight excluding hydrogens is 461 g/mol. The number of aryl methyl sites for hydroxylation is 1. The molecule has 0 unspecified atom stereocenters. The molecule has 2 heterocycles. The number of hydrogen-bond acceptors (Lipinski definition) is 4. The summed E-state index contributed by atoms with van der Waals surface area (Å²) in [5.41, 5.74) is 2.16. The van der Waals surface area contributed by atoms with Gasteiger partial charge in [-0.25, -0.2) is 13.2 Å². The molecule has 0 spiro atoms. The van der Waals surface area contributed by atoms with E-state index in [-0.39, 0.29) is 17.3 Å². The van der Waals surface area contributed by atoms with Crippen molar-refractivity contribution in [3.05, 3.63) is 100 Å². The Morgan fingerprint density at radius 2 is 1.65 bits per heavy atom. The molecule has 0 aliphatic carbocycles. The minimum absolute atomic E-state index is 0.0841. The van der Waals surface area contributed by atoms with Gasteiger partial charge in [0.1, 0.15) is 12.4 Å². The van der Waals surface area contributed by atoms with Crippen LogP contribution in [-0.2, 0) is 13.2 Å². The number of halogens is 5. The summed E-state index contributed by atoms with van der Waals surface area (Å²) in [6.45, 7) is 1.80. The lowest BCUT2D eigenvalue weighted by Crippen LogP contribution is -2.12. The average molecular weight is 477 g/mol. The quantitative estimate of drug-likeness (QED) is 0.221. The van der Waals surface area contributed by atoms with Crippen LogP contribution in [0.2, 0.25) is 0 Å². The number of aromatic nitrogens is 2. The highest BCUT2D eigenvalue weighted by Gasteiger charge is 2.27. The molecular formula is C23H16F5N3O3. The van der Waals surface area contributed by atoms with Gasteiger partial charge < -0.3 is 14.5 Å². The average Bonchev–Trinajstić information content (AvgIpc) is 3.47. The lowest BCUT2D eigenvalue weighted by molar-refractivity contribution is 0.0991. The number of nitrogens with zero attached hydrogens (tertiary/aromatic N) is 2. The third-order valence-electron chi connectivity index (χ3n) is 4.89. The highest BCUT2D eigenvalue weighted by Crippen LogP contribution is 2.29. The van der Waals surface area contributed by atoms with Crippen LogP contribution in [-0.4, -0.2) is 15.7 Å². The molecule has 0 fully saturated rings. The van der Waals surface area contributed by atoms with Gasteiger partial charge in [0.25, 0.3) is 5.91 Å². The molecule has 1 amide bonds. The van der Waals surface area contributed by atoms with Gasteiger partial charge >= 0.3 is 0 Å². The van der Waals surface area contributed by atoms with E-state index in [1.807, 2.05) is 31.2 Å². The molecule has 0 saturated heterocycles. The zero-order valence-corrected chi connectivity index (χ0v) is 17.5. The fourth-order valence-corrected chi connectivity index (χ4v) is 3.09. The number of rotatable bonds is 7. The molecule has 4 rings (SSSR count). The van der Waals surface area contributed by atoms with Gasteiger partial charge in [-0.05, 0) is 30.2 Å². The number of anilines is 1. The van der Waals surface area contributed by atoms with Crippen LogP contribution in [0.25, 0.3) is 0 Å². The van der Waals surface area contributed by atoms with E-state index in [2.05, 4.69) is 10.4 Å². The first-order chi connectivity index (χ1) is 16.2. The second-order valence-electron chi connectivity index (χ2n) is 7.23. The zero-order chi connectivity index (χ0) is 24.4. The maximum atomic E-state index is 13.7. The topological polar surface area (TPSA) is 69.3 Å². The second kappa shape index (κ2) is 9.38. The Bertz CT molecular complexity index is 1340. The van der Waals surface area contributed by atoms with E-state index >= 15 is 0 Å². The SMILES string of the molecule is Cc1ccccc1Cn1ccc(NC(=O)c2ccc(COc3c(F)c(F)c(F)c(F)c3F)o2)n1. The first kappa shape index (κ1) is 23.0. The Morgan fingerprint density at radius 3 is 2.35 bits per heavy atom. The molecule has 176 valence electrons. The number of ether oxygens (including phenoxy) is 1. The lowest BCUT2D eigenvalue weighted by Gasteiger charge is -2.09. The van der Waals surface area contributed by atoms with Crippen molar-refractivity contribution in [2.75, 3.05) is 5.32 Å². The van der Waals surface area contributed by atoms with Crippen LogP contribution in [0.5, 0.6) is 5.75 Å². The standard InChI is InChI=1S/C23H16F5N3O3/c1-12-4-2-3-5-13(12)10-31-9-8-16(30-31)29-23(32)15-7-6-14(34-15)11-33-22-20(27)18(25)17(24)19(26)21(22)28/h2-9H,10-11H2,1H3,(H,29,30,32). The summed E-state index contributed by atoms with van der Waals surface area (Å²) in [6, 6.07) is 11.9. The number of benzene rings is 2. The summed E-state index contributed by atoms with van der Waals surface area (Å²) in [4.78, 5) is 12.4. The Labute approximate surface area is 189 Å². The van der Waals surface area contributed by atoms with Crippen LogP contribution >= 0.6 is 0 Å². The predicted molar refractivity (Wildman–Crippen MR) is 110 cm³/mol. The second-order valence-corrected chi connectivity index (χ2v) is 7.23. The van der Waals surface area contributed by atoms with Crippen molar-refractivity contribution < 1.29 is 35.9 Å². The molecule has 2 aromatic carbocycles. The summed E-state index contributed by atoms with van der Waals surface area (Å²) in [6.07, 6.45) is 1.69. The van der Waals surface area contributed by atoms with Gasteiger partial charge in [0.2, 0.25) is 29.1 Å². The number of carbonyl (C=O) groups excluding carboxylic acids is 1. The smallest absolute Gasteiger partial charge is 0.292 e. The van der Waals surface area contributed by atoms with Crippen molar-refractivity contribution >= 4 is 11.7 Å². The third-order valence-corrected chi connectivity index (χ3v) is 4.89. The summed E-state index contributed by atoms with van der Waals surface area (Å²) >= 11 is 0. The Morgan fingerprint density at radius 1 is 0.971 bits per heavy atom. The van der Waals surface area contributed by atoms with Crippen LogP contribution < -0.4 is 10.1 Å². The first-order valence-corrected chi connectivity index (χ1v) is 9.87. The van der Waals surface area contributed by atoms with E-state index < -0.39 is 47.3 Å². The van der Waals surface area contributed by atoms with E-state index in [9.17, 15) is 26.7 Å². The van der Waals surface area contributed by atoms with Crippen molar-refractivity contribution in [2.24, 2.45) is 0 Å². The maximum absolute atomic E-state index is 13.7. The largest absolute Gasteiger partial charge is 0.479 e. The number of nitrogens with one attached hydrogen (secondary N) is 1. The predicted octanol–water partition coefficient (Wildman–Crippen LogP) is 5.36. The number of furan rings is 1. The van der Waals surface area contributed by atoms with Gasteiger partial charge in [-0.15, -0.1) is 0 Å². The minimum Gasteiger partial charge on any atom is -0.479 e. The van der Waals surface area contributed by atoms with E-state index in [0.29, 0.717) is 6.54 Å². The Kier molecular flexibility index (Phi) is 6.35. The third kappa shape index (κ3) is 4.63. The number of hydrogen-bond donors (Lipinski definition) is 1. The van der Waals surface area contributed by atoms with Gasteiger partial charge in [-0.3, -0.25) is 9.48 Å². The summed E-state index contributed by atoms with van der Waals surface area (Å²) in [5, 5.41) is 6.81. The van der Waals surface area contributed by atoms with E-state index in [1.165, 1.54) is 12.1 Å². The molecule has 11 heteroatoms. The molecule has 0 radical (unpaired) electrons. The van der Waals surface area contributed by atoms with Crippen LogP contribution in [0, 0.1) is 36.0 Å². The lowest BCUT2D eigenvalue weighted by atomic mass is 10.1. The van der Waals surface area contributed by atoms with Crippen molar-refractivity contribution in [1.29, 1.82) is 0 Å². The van der Waals surface area contributed by atoms with Crippen molar-refractivity contribution in [2.45, 2.75) is 20.1 Å². The first-order valence-electron chi connectivity index (χ1n) is 9.87. The fraction of sp³-hybridized carbons (Fsp3) is 0.130. The van der Waals surface area contributed by atoms with Gasteiger partial charge in [-0.1, -0.05) is 24.3 Å². The molecule has 2 aromatic heterocycles. The highest BCUT2D eigenvalue weighted by atomic mass is 19.2. The molecule has 0 atom stereocenters.